The van der Waals surface area contributed by atoms with E-state index in [1.807, 2.05) is 10.8 Å². The zero-order valence-electron chi connectivity index (χ0n) is 11.1. The van der Waals surface area contributed by atoms with Crippen LogP contribution in [0.5, 0.6) is 0 Å². The van der Waals surface area contributed by atoms with Gasteiger partial charge in [0.05, 0.1) is 17.6 Å². The zero-order chi connectivity index (χ0) is 14.8. The first-order chi connectivity index (χ1) is 9.87. The minimum atomic E-state index is -4.51. The Morgan fingerprint density at radius 1 is 1.24 bits per heavy atom. The summed E-state index contributed by atoms with van der Waals surface area (Å²) in [6, 6.07) is 1.01. The number of aromatic nitrogens is 3. The normalized spacial score (nSPS) is 27.1. The minimum absolute atomic E-state index is 0.171. The van der Waals surface area contributed by atoms with Gasteiger partial charge in [-0.25, -0.2) is 9.97 Å². The van der Waals surface area contributed by atoms with Crippen LogP contribution in [0.3, 0.4) is 0 Å². The van der Waals surface area contributed by atoms with Crippen molar-refractivity contribution >= 4 is 5.82 Å². The summed E-state index contributed by atoms with van der Waals surface area (Å²) in [6.45, 7) is 0. The molecule has 0 spiro atoms. The number of anilines is 1. The van der Waals surface area contributed by atoms with E-state index in [1.54, 1.807) is 6.33 Å². The molecule has 2 N–H and O–H groups in total. The van der Waals surface area contributed by atoms with Crippen molar-refractivity contribution in [1.82, 2.24) is 14.5 Å². The Kier molecular flexibility index (Phi) is 2.28. The quantitative estimate of drug-likeness (QED) is 0.926. The molecule has 2 aromatic heterocycles. The van der Waals surface area contributed by atoms with Gasteiger partial charge in [0.15, 0.2) is 0 Å². The summed E-state index contributed by atoms with van der Waals surface area (Å²) in [5.41, 5.74) is 5.40. The van der Waals surface area contributed by atoms with E-state index in [9.17, 15) is 13.2 Å². The highest BCUT2D eigenvalue weighted by atomic mass is 19.4. The Labute approximate surface area is 118 Å². The molecule has 0 amide bonds. The van der Waals surface area contributed by atoms with Gasteiger partial charge in [0.25, 0.3) is 0 Å². The molecule has 0 saturated heterocycles. The fraction of sp³-hybridized carbons (Fsp3) is 0.429. The van der Waals surface area contributed by atoms with Crippen molar-refractivity contribution in [2.45, 2.75) is 31.0 Å². The van der Waals surface area contributed by atoms with Gasteiger partial charge in [-0.2, -0.15) is 13.2 Å². The highest BCUT2D eigenvalue weighted by Crippen LogP contribution is 2.62. The number of hydrogen-bond donors (Lipinski definition) is 1. The Balaban J connectivity index is 1.70. The van der Waals surface area contributed by atoms with E-state index in [-0.39, 0.29) is 5.54 Å². The average Bonchev–Trinajstić information content (AvgIpc) is 2.73. The van der Waals surface area contributed by atoms with E-state index in [4.69, 9.17) is 5.73 Å². The van der Waals surface area contributed by atoms with Crippen molar-refractivity contribution < 1.29 is 13.2 Å². The zero-order valence-corrected chi connectivity index (χ0v) is 11.1. The van der Waals surface area contributed by atoms with Gasteiger partial charge >= 0.3 is 6.18 Å². The maximum atomic E-state index is 12.9. The molecule has 0 aliphatic heterocycles. The van der Waals surface area contributed by atoms with E-state index >= 15 is 0 Å². The molecule has 3 aliphatic rings. The first kappa shape index (κ1) is 12.7. The smallest absolute Gasteiger partial charge is 0.383 e. The molecule has 7 heteroatoms. The average molecular weight is 294 g/mol. The van der Waals surface area contributed by atoms with Crippen molar-refractivity contribution in [3.63, 3.8) is 0 Å². The third-order valence-corrected chi connectivity index (χ3v) is 4.66. The summed E-state index contributed by atoms with van der Waals surface area (Å²) < 4.78 is 40.6. The fourth-order valence-electron chi connectivity index (χ4n) is 3.32. The number of alkyl halides is 3. The third kappa shape index (κ3) is 1.76. The van der Waals surface area contributed by atoms with E-state index in [0.717, 1.165) is 31.2 Å². The van der Waals surface area contributed by atoms with Gasteiger partial charge in [-0.15, -0.1) is 0 Å². The van der Waals surface area contributed by atoms with Crippen molar-refractivity contribution in [3.05, 3.63) is 30.4 Å². The van der Waals surface area contributed by atoms with Crippen molar-refractivity contribution in [3.8, 4) is 11.3 Å². The molecule has 110 valence electrons. The van der Waals surface area contributed by atoms with E-state index in [1.165, 1.54) is 6.20 Å². The minimum Gasteiger partial charge on any atom is -0.383 e. The summed E-state index contributed by atoms with van der Waals surface area (Å²) in [4.78, 5) is 7.87. The molecule has 2 aromatic rings. The Hall–Kier alpha value is -2.05. The van der Waals surface area contributed by atoms with Crippen LogP contribution in [0, 0.1) is 5.92 Å². The molecule has 4 nitrogen and oxygen atoms in total. The van der Waals surface area contributed by atoms with E-state index in [0.29, 0.717) is 11.3 Å². The van der Waals surface area contributed by atoms with E-state index in [2.05, 4.69) is 9.97 Å². The van der Waals surface area contributed by atoms with Crippen LogP contribution in [0.25, 0.3) is 11.3 Å². The number of imidazole rings is 1. The van der Waals surface area contributed by atoms with Crippen LogP contribution >= 0.6 is 0 Å². The molecular weight excluding hydrogens is 281 g/mol. The van der Waals surface area contributed by atoms with Gasteiger partial charge in [-0.05, 0) is 31.2 Å². The lowest BCUT2D eigenvalue weighted by molar-refractivity contribution is -0.137. The summed E-state index contributed by atoms with van der Waals surface area (Å²) in [5.74, 6) is 0.316. The molecule has 0 aromatic carbocycles. The summed E-state index contributed by atoms with van der Waals surface area (Å²) in [7, 11) is 0. The first-order valence-electron chi connectivity index (χ1n) is 6.75. The number of halogens is 3. The lowest BCUT2D eigenvalue weighted by Crippen LogP contribution is -2.58. The molecular formula is C14H13F3N4. The number of nitrogen functional groups attached to an aromatic ring is 1. The van der Waals surface area contributed by atoms with Crippen molar-refractivity contribution in [2.24, 2.45) is 5.92 Å². The van der Waals surface area contributed by atoms with Gasteiger partial charge in [-0.1, -0.05) is 0 Å². The second-order valence-corrected chi connectivity index (χ2v) is 6.02. The Bertz CT molecular complexity index is 702. The molecule has 2 heterocycles. The van der Waals surface area contributed by atoms with Crippen LogP contribution in [0.15, 0.2) is 24.8 Å². The lowest BCUT2D eigenvalue weighted by atomic mass is 9.50. The molecule has 3 fully saturated rings. The molecule has 3 aliphatic carbocycles. The number of nitrogens with zero attached hydrogens (tertiary/aromatic N) is 3. The maximum absolute atomic E-state index is 12.9. The maximum Gasteiger partial charge on any atom is 0.419 e. The largest absolute Gasteiger partial charge is 0.419 e. The predicted molar refractivity (Wildman–Crippen MR) is 70.2 cm³/mol. The number of nitrogens with two attached hydrogens (primary N) is 1. The van der Waals surface area contributed by atoms with Gasteiger partial charge in [0.1, 0.15) is 5.82 Å². The topological polar surface area (TPSA) is 56.7 Å². The standard InChI is InChI=1S/C14H13F3N4/c15-14(16,17)10-1-9(5-19-12(10)18)11-6-21(7-20-11)13-2-8(3-13)4-13/h1,5-8H,2-4H2,(H2,18,19). The highest BCUT2D eigenvalue weighted by Gasteiger charge is 2.57. The van der Waals surface area contributed by atoms with Crippen LogP contribution in [0.4, 0.5) is 19.0 Å². The SMILES string of the molecule is Nc1ncc(-c2cn(C34CC(C3)C4)cn2)cc1C(F)(F)F. The van der Waals surface area contributed by atoms with Gasteiger partial charge < -0.3 is 10.3 Å². The Morgan fingerprint density at radius 2 is 1.95 bits per heavy atom. The van der Waals surface area contributed by atoms with E-state index < -0.39 is 17.6 Å². The van der Waals surface area contributed by atoms with Crippen LogP contribution in [0.1, 0.15) is 24.8 Å². The second-order valence-electron chi connectivity index (χ2n) is 6.02. The number of pyridine rings is 1. The summed E-state index contributed by atoms with van der Waals surface area (Å²) >= 11 is 0. The molecule has 5 rings (SSSR count). The number of rotatable bonds is 2. The highest BCUT2D eigenvalue weighted by molar-refractivity contribution is 5.61. The van der Waals surface area contributed by atoms with Gasteiger partial charge in [0, 0.05) is 23.5 Å². The van der Waals surface area contributed by atoms with Gasteiger partial charge in [0.2, 0.25) is 0 Å². The molecule has 0 radical (unpaired) electrons. The monoisotopic (exact) mass is 294 g/mol. The third-order valence-electron chi connectivity index (χ3n) is 4.66. The van der Waals surface area contributed by atoms with Crippen molar-refractivity contribution in [1.29, 1.82) is 0 Å². The molecule has 21 heavy (non-hydrogen) atoms. The lowest BCUT2D eigenvalue weighted by Gasteiger charge is -2.62. The fourth-order valence-corrected chi connectivity index (χ4v) is 3.32. The molecule has 3 saturated carbocycles. The summed E-state index contributed by atoms with van der Waals surface area (Å²) in [5, 5.41) is 0. The number of hydrogen-bond acceptors (Lipinski definition) is 3. The van der Waals surface area contributed by atoms with Crippen LogP contribution in [-0.4, -0.2) is 14.5 Å². The van der Waals surface area contributed by atoms with Crippen LogP contribution in [0.2, 0.25) is 0 Å². The van der Waals surface area contributed by atoms with Crippen LogP contribution < -0.4 is 5.73 Å². The molecule has 2 bridgehead atoms. The first-order valence-corrected chi connectivity index (χ1v) is 6.75. The molecule has 0 unspecified atom stereocenters. The van der Waals surface area contributed by atoms with Crippen molar-refractivity contribution in [2.75, 3.05) is 5.73 Å². The van der Waals surface area contributed by atoms with Crippen LogP contribution in [-0.2, 0) is 11.7 Å². The van der Waals surface area contributed by atoms with Gasteiger partial charge in [-0.3, -0.25) is 0 Å². The molecule has 0 atom stereocenters. The predicted octanol–water partition coefficient (Wildman–Crippen LogP) is 3.06. The summed E-state index contributed by atoms with van der Waals surface area (Å²) in [6.07, 6.45) is 3.78. The second kappa shape index (κ2) is 3.78. The Morgan fingerprint density at radius 3 is 2.52 bits per heavy atom.